The van der Waals surface area contributed by atoms with Gasteiger partial charge >= 0.3 is 0 Å². The van der Waals surface area contributed by atoms with Crippen molar-refractivity contribution < 1.29 is 24.2 Å². The van der Waals surface area contributed by atoms with Crippen LogP contribution in [0.3, 0.4) is 0 Å². The molecule has 206 valence electrons. The van der Waals surface area contributed by atoms with Gasteiger partial charge in [-0.1, -0.05) is 24.3 Å². The molecule has 2 amide bonds. The fourth-order valence-electron chi connectivity index (χ4n) is 4.70. The summed E-state index contributed by atoms with van der Waals surface area (Å²) in [7, 11) is 0. The average molecular weight is 553 g/mol. The minimum atomic E-state index is -0.555. The lowest BCUT2D eigenvalue weighted by atomic mass is 10.1. The lowest BCUT2D eigenvalue weighted by molar-refractivity contribution is 0.0793. The summed E-state index contributed by atoms with van der Waals surface area (Å²) < 4.78 is 13.1. The van der Waals surface area contributed by atoms with Crippen LogP contribution in [-0.2, 0) is 19.4 Å². The first-order valence-corrected chi connectivity index (χ1v) is 13.7. The Kier molecular flexibility index (Phi) is 9.58. The number of carbonyl (C=O) groups is 2. The number of aliphatic hydroxyl groups excluding tert-OH is 2. The molecule has 1 aromatic heterocycles. The van der Waals surface area contributed by atoms with Gasteiger partial charge in [-0.3, -0.25) is 14.5 Å². The summed E-state index contributed by atoms with van der Waals surface area (Å²) in [5.41, 5.74) is 5.85. The highest BCUT2D eigenvalue weighted by molar-refractivity contribution is 7.17. The third-order valence-electron chi connectivity index (χ3n) is 6.27. The number of halogens is 1. The molecule has 0 fully saturated rings. The molecule has 39 heavy (non-hydrogen) atoms. The van der Waals surface area contributed by atoms with E-state index in [0.29, 0.717) is 41.3 Å². The van der Waals surface area contributed by atoms with Crippen LogP contribution >= 0.6 is 11.3 Å². The number of carbonyl (C=O) groups excluding carboxylic acids is 2. The van der Waals surface area contributed by atoms with Crippen LogP contribution in [-0.4, -0.2) is 58.4 Å². The summed E-state index contributed by atoms with van der Waals surface area (Å²) in [5.74, 6) is -1.10. The molecule has 0 spiro atoms. The van der Waals surface area contributed by atoms with E-state index in [1.165, 1.54) is 29.7 Å². The van der Waals surface area contributed by atoms with E-state index < -0.39 is 18.1 Å². The Morgan fingerprint density at radius 3 is 2.49 bits per heavy atom. The largest absolute Gasteiger partial charge is 0.392 e. The van der Waals surface area contributed by atoms with Crippen molar-refractivity contribution >= 4 is 34.4 Å². The van der Waals surface area contributed by atoms with Crippen LogP contribution in [0.2, 0.25) is 0 Å². The number of amides is 2. The molecule has 1 heterocycles. The Balaban J connectivity index is 1.48. The highest BCUT2D eigenvalue weighted by Gasteiger charge is 2.27. The lowest BCUT2D eigenvalue weighted by Gasteiger charge is -2.25. The minimum Gasteiger partial charge on any atom is -0.392 e. The van der Waals surface area contributed by atoms with Crippen LogP contribution in [0.4, 0.5) is 9.39 Å². The second-order valence-electron chi connectivity index (χ2n) is 9.86. The minimum absolute atomic E-state index is 0.335. The molecule has 0 saturated carbocycles. The zero-order valence-electron chi connectivity index (χ0n) is 22.0. The number of aryl methyl sites for hydroxylation is 1. The molecule has 10 heteroatoms. The Labute approximate surface area is 231 Å². The van der Waals surface area contributed by atoms with Gasteiger partial charge in [0.1, 0.15) is 10.8 Å². The molecule has 0 radical (unpaired) electrons. The standard InChI is InChI=1S/C29H33FN4O4S/c1-18(35)15-34(16-19(2)36)17-21-5-3-6-22(13-21)27(37)32-29-26(24-7-4-8-25(24)39-29)28(38)33-31-14-20-9-11-23(30)12-10-20/h3,5-6,9-14,18-19,35-36H,4,7-8,15-17H2,1-2H3,(H,32,37)(H,33,38). The topological polar surface area (TPSA) is 114 Å². The molecular weight excluding hydrogens is 519 g/mol. The van der Waals surface area contributed by atoms with Gasteiger partial charge < -0.3 is 15.5 Å². The maximum Gasteiger partial charge on any atom is 0.274 e. The maximum absolute atomic E-state index is 13.2. The van der Waals surface area contributed by atoms with Crippen molar-refractivity contribution in [1.29, 1.82) is 0 Å². The Morgan fingerprint density at radius 2 is 1.79 bits per heavy atom. The second-order valence-corrected chi connectivity index (χ2v) is 11.0. The number of thiophene rings is 1. The molecule has 3 aromatic rings. The van der Waals surface area contributed by atoms with Gasteiger partial charge in [0.05, 0.1) is 24.0 Å². The zero-order valence-corrected chi connectivity index (χ0v) is 22.8. The summed E-state index contributed by atoms with van der Waals surface area (Å²) in [6, 6.07) is 12.9. The Morgan fingerprint density at radius 1 is 1.08 bits per heavy atom. The number of hydrazone groups is 1. The summed E-state index contributed by atoms with van der Waals surface area (Å²) in [5, 5.41) is 27.1. The lowest BCUT2D eigenvalue weighted by Crippen LogP contribution is -2.35. The van der Waals surface area contributed by atoms with Gasteiger partial charge in [0.2, 0.25) is 0 Å². The number of benzene rings is 2. The van der Waals surface area contributed by atoms with Gasteiger partial charge in [-0.25, -0.2) is 9.82 Å². The van der Waals surface area contributed by atoms with Gasteiger partial charge in [-0.2, -0.15) is 5.10 Å². The quantitative estimate of drug-likeness (QED) is 0.212. The van der Waals surface area contributed by atoms with E-state index in [9.17, 15) is 24.2 Å². The second kappa shape index (κ2) is 13.1. The number of aliphatic hydroxyl groups is 2. The molecule has 2 unspecified atom stereocenters. The van der Waals surface area contributed by atoms with Crippen LogP contribution in [0.15, 0.2) is 53.6 Å². The number of nitrogens with one attached hydrogen (secondary N) is 2. The van der Waals surface area contributed by atoms with E-state index in [-0.39, 0.29) is 11.7 Å². The molecule has 1 aliphatic rings. The molecule has 4 N–H and O–H groups in total. The van der Waals surface area contributed by atoms with Crippen LogP contribution < -0.4 is 10.7 Å². The summed E-state index contributed by atoms with van der Waals surface area (Å²) in [6.45, 7) is 4.64. The first kappa shape index (κ1) is 28.6. The highest BCUT2D eigenvalue weighted by atomic mass is 32.1. The number of rotatable bonds is 11. The van der Waals surface area contributed by atoms with Crippen molar-refractivity contribution in [2.75, 3.05) is 18.4 Å². The van der Waals surface area contributed by atoms with Crippen LogP contribution in [0, 0.1) is 5.82 Å². The van der Waals surface area contributed by atoms with Crippen molar-refractivity contribution in [2.45, 2.75) is 51.9 Å². The van der Waals surface area contributed by atoms with Crippen molar-refractivity contribution in [1.82, 2.24) is 10.3 Å². The van der Waals surface area contributed by atoms with Crippen LogP contribution in [0.25, 0.3) is 0 Å². The predicted octanol–water partition coefficient (Wildman–Crippen LogP) is 3.96. The number of hydrogen-bond donors (Lipinski definition) is 4. The van der Waals surface area contributed by atoms with E-state index in [4.69, 9.17) is 0 Å². The third-order valence-corrected chi connectivity index (χ3v) is 7.47. The highest BCUT2D eigenvalue weighted by Crippen LogP contribution is 2.39. The van der Waals surface area contributed by atoms with E-state index in [0.717, 1.165) is 35.3 Å². The Bertz CT molecular complexity index is 1330. The number of hydrogen-bond acceptors (Lipinski definition) is 7. The average Bonchev–Trinajstić information content (AvgIpc) is 3.45. The van der Waals surface area contributed by atoms with Gasteiger partial charge in [0.25, 0.3) is 11.8 Å². The summed E-state index contributed by atoms with van der Waals surface area (Å²) in [6.07, 6.45) is 2.88. The van der Waals surface area contributed by atoms with Gasteiger partial charge in [-0.15, -0.1) is 11.3 Å². The maximum atomic E-state index is 13.2. The normalized spacial score (nSPS) is 14.4. The monoisotopic (exact) mass is 552 g/mol. The van der Waals surface area contributed by atoms with E-state index >= 15 is 0 Å². The van der Waals surface area contributed by atoms with Crippen molar-refractivity contribution in [2.24, 2.45) is 5.10 Å². The molecule has 1 aliphatic carbocycles. The van der Waals surface area contributed by atoms with Crippen molar-refractivity contribution in [3.8, 4) is 0 Å². The summed E-state index contributed by atoms with van der Waals surface area (Å²) >= 11 is 1.41. The fraction of sp³-hybridized carbons (Fsp3) is 0.345. The predicted molar refractivity (Wildman–Crippen MR) is 151 cm³/mol. The van der Waals surface area contributed by atoms with Gasteiger partial charge in [0.15, 0.2) is 0 Å². The summed E-state index contributed by atoms with van der Waals surface area (Å²) in [4.78, 5) is 29.4. The molecule has 0 bridgehead atoms. The number of nitrogens with zero attached hydrogens (tertiary/aromatic N) is 2. The van der Waals surface area contributed by atoms with Crippen molar-refractivity contribution in [3.63, 3.8) is 0 Å². The Hall–Kier alpha value is -3.44. The molecule has 8 nitrogen and oxygen atoms in total. The van der Waals surface area contributed by atoms with Gasteiger partial charge in [0, 0.05) is 30.1 Å². The van der Waals surface area contributed by atoms with E-state index in [2.05, 4.69) is 15.8 Å². The molecule has 0 saturated heterocycles. The first-order chi connectivity index (χ1) is 18.7. The van der Waals surface area contributed by atoms with E-state index in [1.54, 1.807) is 44.2 Å². The molecule has 4 rings (SSSR count). The smallest absolute Gasteiger partial charge is 0.274 e. The van der Waals surface area contributed by atoms with Crippen molar-refractivity contribution in [3.05, 3.63) is 87.0 Å². The van der Waals surface area contributed by atoms with Gasteiger partial charge in [-0.05, 0) is 74.1 Å². The van der Waals surface area contributed by atoms with Crippen LogP contribution in [0.5, 0.6) is 0 Å². The molecule has 2 atom stereocenters. The zero-order chi connectivity index (χ0) is 27.9. The fourth-order valence-corrected chi connectivity index (χ4v) is 5.98. The molecular formula is C29H33FN4O4S. The molecule has 0 aliphatic heterocycles. The number of fused-ring (bicyclic) bond motifs is 1. The van der Waals surface area contributed by atoms with Crippen LogP contribution in [0.1, 0.15) is 62.6 Å². The number of anilines is 1. The third kappa shape index (κ3) is 7.79. The SMILES string of the molecule is CC(O)CN(Cc1cccc(C(=O)Nc2sc3c(c2C(=O)NN=Cc2ccc(F)cc2)CCC3)c1)CC(C)O. The van der Waals surface area contributed by atoms with E-state index in [1.807, 2.05) is 11.0 Å². The first-order valence-electron chi connectivity index (χ1n) is 12.9. The molecule has 2 aromatic carbocycles.